The number of ether oxygens (including phenoxy) is 1. The SMILES string of the molecule is COC(=O)c1ccc2c(C(=Nc3ccc4c(c3)CCN4C(=O)CC(=O)Nc3ccccc3)c3ccccc3)c(O)[nH]c2c1. The number of nitrogens with one attached hydrogen (secondary N) is 2. The van der Waals surface area contributed by atoms with Crippen LogP contribution >= 0.6 is 0 Å². The van der Waals surface area contributed by atoms with E-state index < -0.39 is 5.97 Å². The van der Waals surface area contributed by atoms with Crippen LogP contribution < -0.4 is 10.2 Å². The molecule has 9 nitrogen and oxygen atoms in total. The Morgan fingerprint density at radius 2 is 1.67 bits per heavy atom. The van der Waals surface area contributed by atoms with Crippen molar-refractivity contribution in [2.24, 2.45) is 4.99 Å². The van der Waals surface area contributed by atoms with E-state index in [1.54, 1.807) is 35.2 Å². The summed E-state index contributed by atoms with van der Waals surface area (Å²) in [5.41, 5.74) is 5.74. The van der Waals surface area contributed by atoms with Gasteiger partial charge < -0.3 is 25.0 Å². The van der Waals surface area contributed by atoms with Gasteiger partial charge in [-0.2, -0.15) is 0 Å². The number of rotatable bonds is 7. The minimum absolute atomic E-state index is 0.0775. The highest BCUT2D eigenvalue weighted by molar-refractivity contribution is 6.22. The summed E-state index contributed by atoms with van der Waals surface area (Å²) in [4.78, 5) is 47.2. The van der Waals surface area contributed by atoms with Crippen molar-refractivity contribution in [3.05, 3.63) is 119 Å². The quantitative estimate of drug-likeness (QED) is 0.130. The van der Waals surface area contributed by atoms with Gasteiger partial charge in [0, 0.05) is 34.4 Å². The van der Waals surface area contributed by atoms with Gasteiger partial charge in [0.15, 0.2) is 5.88 Å². The van der Waals surface area contributed by atoms with Gasteiger partial charge in [-0.25, -0.2) is 9.79 Å². The van der Waals surface area contributed by atoms with Gasteiger partial charge in [0.05, 0.1) is 29.6 Å². The van der Waals surface area contributed by atoms with E-state index in [0.717, 1.165) is 16.8 Å². The fraction of sp³-hybridized carbons (Fsp3) is 0.118. The van der Waals surface area contributed by atoms with Gasteiger partial charge in [0.1, 0.15) is 6.42 Å². The summed E-state index contributed by atoms with van der Waals surface area (Å²) in [6.45, 7) is 0.470. The fourth-order valence-electron chi connectivity index (χ4n) is 5.33. The second-order valence-corrected chi connectivity index (χ2v) is 10.1. The number of H-pyrrole nitrogens is 1. The number of carbonyl (C=O) groups excluding carboxylic acids is 3. The first-order valence-electron chi connectivity index (χ1n) is 13.8. The number of hydrogen-bond donors (Lipinski definition) is 3. The number of methoxy groups -OCH3 is 1. The Balaban J connectivity index is 1.31. The first-order chi connectivity index (χ1) is 20.9. The number of carbonyl (C=O) groups is 3. The van der Waals surface area contributed by atoms with Gasteiger partial charge in [-0.05, 0) is 54.4 Å². The average molecular weight is 573 g/mol. The molecule has 2 amide bonds. The summed E-state index contributed by atoms with van der Waals surface area (Å²) in [7, 11) is 1.32. The van der Waals surface area contributed by atoms with Crippen LogP contribution in [0.2, 0.25) is 0 Å². The van der Waals surface area contributed by atoms with Crippen LogP contribution in [0.25, 0.3) is 10.9 Å². The third-order valence-corrected chi connectivity index (χ3v) is 7.35. The van der Waals surface area contributed by atoms with Crippen LogP contribution in [0.4, 0.5) is 17.1 Å². The Hall–Kier alpha value is -5.70. The number of aromatic hydroxyl groups is 1. The standard InChI is InChI=1S/C34H28N4O5/c1-43-34(42)23-12-14-26-27(19-23)37-33(41)31(26)32(21-8-4-2-5-9-21)36-25-13-15-28-22(18-25)16-17-38(28)30(40)20-29(39)35-24-10-6-3-7-11-24/h2-15,18-19,37,41H,16-17,20H2,1H3,(H,35,39). The summed E-state index contributed by atoms with van der Waals surface area (Å²) in [5, 5.41) is 14.5. The maximum atomic E-state index is 13.0. The molecule has 0 radical (unpaired) electrons. The average Bonchev–Trinajstić information content (AvgIpc) is 3.59. The topological polar surface area (TPSA) is 124 Å². The lowest BCUT2D eigenvalue weighted by Gasteiger charge is -2.17. The molecule has 1 aliphatic rings. The number of fused-ring (bicyclic) bond motifs is 2. The van der Waals surface area contributed by atoms with Crippen molar-refractivity contribution in [2.45, 2.75) is 12.8 Å². The van der Waals surface area contributed by atoms with Gasteiger partial charge in [-0.15, -0.1) is 0 Å². The van der Waals surface area contributed by atoms with E-state index in [1.807, 2.05) is 66.7 Å². The second kappa shape index (κ2) is 11.7. The highest BCUT2D eigenvalue weighted by atomic mass is 16.5. The minimum atomic E-state index is -0.475. The van der Waals surface area contributed by atoms with Crippen LogP contribution in [0.1, 0.15) is 33.5 Å². The number of nitrogens with zero attached hydrogens (tertiary/aromatic N) is 2. The van der Waals surface area contributed by atoms with Gasteiger partial charge in [0.2, 0.25) is 11.8 Å². The molecule has 214 valence electrons. The third kappa shape index (κ3) is 5.60. The van der Waals surface area contributed by atoms with E-state index in [-0.39, 0.29) is 24.1 Å². The molecule has 9 heteroatoms. The van der Waals surface area contributed by atoms with Crippen molar-refractivity contribution in [1.29, 1.82) is 0 Å². The zero-order valence-electron chi connectivity index (χ0n) is 23.3. The van der Waals surface area contributed by atoms with Crippen LogP contribution in [0.3, 0.4) is 0 Å². The highest BCUT2D eigenvalue weighted by Crippen LogP contribution is 2.35. The van der Waals surface area contributed by atoms with E-state index >= 15 is 0 Å². The van der Waals surface area contributed by atoms with Gasteiger partial charge in [0.25, 0.3) is 0 Å². The van der Waals surface area contributed by atoms with Crippen LogP contribution in [-0.4, -0.2) is 47.2 Å². The Morgan fingerprint density at radius 1 is 0.930 bits per heavy atom. The molecule has 0 fully saturated rings. The predicted molar refractivity (Wildman–Crippen MR) is 165 cm³/mol. The molecule has 2 heterocycles. The summed E-state index contributed by atoms with van der Waals surface area (Å²) >= 11 is 0. The number of aromatic nitrogens is 1. The molecule has 1 aromatic heterocycles. The zero-order valence-corrected chi connectivity index (χ0v) is 23.3. The van der Waals surface area contributed by atoms with E-state index in [0.29, 0.717) is 52.1 Å². The maximum absolute atomic E-state index is 13.0. The number of amides is 2. The number of benzene rings is 4. The molecule has 0 atom stereocenters. The van der Waals surface area contributed by atoms with Crippen molar-refractivity contribution in [2.75, 3.05) is 23.9 Å². The first kappa shape index (κ1) is 27.5. The van der Waals surface area contributed by atoms with Crippen molar-refractivity contribution in [1.82, 2.24) is 4.98 Å². The molecule has 0 saturated heterocycles. The zero-order chi connectivity index (χ0) is 29.9. The molecule has 0 saturated carbocycles. The monoisotopic (exact) mass is 572 g/mol. The first-order valence-corrected chi connectivity index (χ1v) is 13.8. The number of aliphatic imine (C=N–C) groups is 1. The Bertz CT molecular complexity index is 1880. The summed E-state index contributed by atoms with van der Waals surface area (Å²) < 4.78 is 4.84. The molecule has 0 spiro atoms. The van der Waals surface area contributed by atoms with Crippen molar-refractivity contribution < 1.29 is 24.2 Å². The van der Waals surface area contributed by atoms with E-state index in [4.69, 9.17) is 9.73 Å². The molecular formula is C34H28N4O5. The van der Waals surface area contributed by atoms with Crippen molar-refractivity contribution in [3.63, 3.8) is 0 Å². The van der Waals surface area contributed by atoms with Gasteiger partial charge in [-0.3, -0.25) is 9.59 Å². The lowest BCUT2D eigenvalue weighted by molar-refractivity contribution is -0.125. The number of anilines is 2. The second-order valence-electron chi connectivity index (χ2n) is 10.1. The molecular weight excluding hydrogens is 544 g/mol. The van der Waals surface area contributed by atoms with E-state index in [2.05, 4.69) is 10.3 Å². The van der Waals surface area contributed by atoms with E-state index in [9.17, 15) is 19.5 Å². The highest BCUT2D eigenvalue weighted by Gasteiger charge is 2.27. The minimum Gasteiger partial charge on any atom is -0.494 e. The predicted octanol–water partition coefficient (Wildman–Crippen LogP) is 5.75. The molecule has 43 heavy (non-hydrogen) atoms. The van der Waals surface area contributed by atoms with Gasteiger partial charge >= 0.3 is 5.97 Å². The Kier molecular flexibility index (Phi) is 7.44. The summed E-state index contributed by atoms with van der Waals surface area (Å²) in [5.74, 6) is -1.19. The lowest BCUT2D eigenvalue weighted by atomic mass is 10.00. The van der Waals surface area contributed by atoms with Crippen molar-refractivity contribution >= 4 is 51.5 Å². The summed E-state index contributed by atoms with van der Waals surface area (Å²) in [6, 6.07) is 29.2. The third-order valence-electron chi connectivity index (χ3n) is 7.35. The van der Waals surface area contributed by atoms with Crippen LogP contribution in [-0.2, 0) is 20.7 Å². The molecule has 1 aliphatic heterocycles. The smallest absolute Gasteiger partial charge is 0.337 e. The van der Waals surface area contributed by atoms with Crippen LogP contribution in [0.5, 0.6) is 5.88 Å². The molecule has 0 aliphatic carbocycles. The van der Waals surface area contributed by atoms with E-state index in [1.165, 1.54) is 7.11 Å². The normalized spacial score (nSPS) is 12.7. The molecule has 0 bridgehead atoms. The molecule has 6 rings (SSSR count). The number of hydrogen-bond acceptors (Lipinski definition) is 6. The van der Waals surface area contributed by atoms with Crippen LogP contribution in [0, 0.1) is 0 Å². The number of esters is 1. The Labute approximate surface area is 247 Å². The number of aromatic amines is 1. The summed E-state index contributed by atoms with van der Waals surface area (Å²) in [6.07, 6.45) is 0.365. The number of para-hydroxylation sites is 1. The van der Waals surface area contributed by atoms with Gasteiger partial charge in [-0.1, -0.05) is 54.6 Å². The molecule has 4 aromatic carbocycles. The maximum Gasteiger partial charge on any atom is 0.337 e. The molecule has 3 N–H and O–H groups in total. The molecule has 5 aromatic rings. The van der Waals surface area contributed by atoms with Crippen molar-refractivity contribution in [3.8, 4) is 5.88 Å². The Morgan fingerprint density at radius 3 is 2.42 bits per heavy atom. The van der Waals surface area contributed by atoms with Crippen LogP contribution in [0.15, 0.2) is 102 Å². The largest absolute Gasteiger partial charge is 0.494 e. The fourth-order valence-corrected chi connectivity index (χ4v) is 5.33. The lowest BCUT2D eigenvalue weighted by Crippen LogP contribution is -2.32. The molecule has 0 unspecified atom stereocenters.